The minimum absolute atomic E-state index is 0.0400. The summed E-state index contributed by atoms with van der Waals surface area (Å²) in [4.78, 5) is 39.6. The van der Waals surface area contributed by atoms with E-state index in [1.807, 2.05) is 6.92 Å². The van der Waals surface area contributed by atoms with Crippen molar-refractivity contribution in [3.63, 3.8) is 0 Å². The Hall–Kier alpha value is -2.61. The molecule has 1 saturated heterocycles. The van der Waals surface area contributed by atoms with E-state index in [4.69, 9.17) is 9.47 Å². The quantitative estimate of drug-likeness (QED) is 0.611. The Morgan fingerprint density at radius 2 is 1.89 bits per heavy atom. The third-order valence-corrected chi connectivity index (χ3v) is 7.50. The topological polar surface area (TPSA) is 97.0 Å². The highest BCUT2D eigenvalue weighted by molar-refractivity contribution is 5.99. The molecule has 0 bridgehead atoms. The van der Waals surface area contributed by atoms with Crippen LogP contribution in [0, 0.1) is 5.92 Å². The average molecular weight is 486 g/mol. The highest BCUT2D eigenvalue weighted by Gasteiger charge is 2.39. The highest BCUT2D eigenvalue weighted by Crippen LogP contribution is 2.32. The molecule has 8 heteroatoms. The van der Waals surface area contributed by atoms with Crippen LogP contribution in [0.5, 0.6) is 5.75 Å². The minimum Gasteiger partial charge on any atom is -0.490 e. The van der Waals surface area contributed by atoms with E-state index in [9.17, 15) is 14.4 Å². The van der Waals surface area contributed by atoms with Crippen molar-refractivity contribution in [2.24, 2.45) is 5.92 Å². The van der Waals surface area contributed by atoms with Crippen molar-refractivity contribution in [1.29, 1.82) is 0 Å². The third kappa shape index (κ3) is 6.54. The zero-order chi connectivity index (χ0) is 24.8. The Balaban J connectivity index is 1.35. The lowest BCUT2D eigenvalue weighted by Crippen LogP contribution is -2.54. The molecule has 1 aromatic carbocycles. The first-order valence-corrected chi connectivity index (χ1v) is 13.2. The van der Waals surface area contributed by atoms with Crippen LogP contribution in [0.4, 0.5) is 5.69 Å². The van der Waals surface area contributed by atoms with Crippen molar-refractivity contribution >= 4 is 23.4 Å². The van der Waals surface area contributed by atoms with E-state index in [2.05, 4.69) is 10.6 Å². The molecule has 35 heavy (non-hydrogen) atoms. The molecular formula is C27H39N3O5. The highest BCUT2D eigenvalue weighted by atomic mass is 16.5. The molecular weight excluding hydrogens is 446 g/mol. The second-order valence-corrected chi connectivity index (χ2v) is 10.2. The SMILES string of the molecule is CCCC(=O)Nc1ccc2c(c1)C(=O)N(C)[C@@H]1CC[C@@H](CC(=O)NCC3CCCCC3)O[C@H]1CO2. The summed E-state index contributed by atoms with van der Waals surface area (Å²) in [5, 5.41) is 5.95. The zero-order valence-electron chi connectivity index (χ0n) is 21.0. The van der Waals surface area contributed by atoms with E-state index in [1.165, 1.54) is 32.1 Å². The fraction of sp³-hybridized carbons (Fsp3) is 0.667. The van der Waals surface area contributed by atoms with Crippen molar-refractivity contribution in [1.82, 2.24) is 10.2 Å². The zero-order valence-corrected chi connectivity index (χ0v) is 21.0. The van der Waals surface area contributed by atoms with Gasteiger partial charge in [0.05, 0.1) is 24.1 Å². The number of amides is 3. The van der Waals surface area contributed by atoms with Crippen LogP contribution in [0.25, 0.3) is 0 Å². The molecule has 3 aliphatic rings. The number of nitrogens with one attached hydrogen (secondary N) is 2. The summed E-state index contributed by atoms with van der Waals surface area (Å²) in [6.07, 6.45) is 8.76. The number of fused-ring (bicyclic) bond motifs is 2. The number of rotatable bonds is 7. The summed E-state index contributed by atoms with van der Waals surface area (Å²) in [7, 11) is 1.79. The van der Waals surface area contributed by atoms with Gasteiger partial charge in [-0.1, -0.05) is 26.2 Å². The summed E-state index contributed by atoms with van der Waals surface area (Å²) in [5.41, 5.74) is 1.02. The van der Waals surface area contributed by atoms with Gasteiger partial charge in [-0.15, -0.1) is 0 Å². The van der Waals surface area contributed by atoms with E-state index in [0.717, 1.165) is 25.8 Å². The van der Waals surface area contributed by atoms with Gasteiger partial charge in [0.2, 0.25) is 11.8 Å². The van der Waals surface area contributed by atoms with Crippen LogP contribution in [0.3, 0.4) is 0 Å². The molecule has 192 valence electrons. The number of likely N-dealkylation sites (N-methyl/N-ethyl adjacent to an activating group) is 1. The van der Waals surface area contributed by atoms with Crippen LogP contribution < -0.4 is 15.4 Å². The molecule has 1 aromatic rings. The molecule has 0 aromatic heterocycles. The van der Waals surface area contributed by atoms with Crippen LogP contribution in [0.1, 0.15) is 81.5 Å². The largest absolute Gasteiger partial charge is 0.490 e. The molecule has 8 nitrogen and oxygen atoms in total. The van der Waals surface area contributed by atoms with Gasteiger partial charge in [-0.25, -0.2) is 0 Å². The van der Waals surface area contributed by atoms with Crippen molar-refractivity contribution in [2.75, 3.05) is 25.5 Å². The van der Waals surface area contributed by atoms with Crippen molar-refractivity contribution in [3.8, 4) is 5.75 Å². The Labute approximate surface area is 208 Å². The van der Waals surface area contributed by atoms with Crippen LogP contribution in [0.2, 0.25) is 0 Å². The molecule has 2 N–H and O–H groups in total. The minimum atomic E-state index is -0.300. The number of hydrogen-bond acceptors (Lipinski definition) is 5. The molecule has 2 heterocycles. The maximum absolute atomic E-state index is 13.3. The van der Waals surface area contributed by atoms with Gasteiger partial charge in [-0.2, -0.15) is 0 Å². The van der Waals surface area contributed by atoms with E-state index in [0.29, 0.717) is 42.4 Å². The van der Waals surface area contributed by atoms with Gasteiger partial charge in [0.1, 0.15) is 18.5 Å². The second-order valence-electron chi connectivity index (χ2n) is 10.2. The number of nitrogens with zero attached hydrogens (tertiary/aromatic N) is 1. The number of hydrogen-bond donors (Lipinski definition) is 2. The summed E-state index contributed by atoms with van der Waals surface area (Å²) in [6, 6.07) is 5.03. The normalized spacial score (nSPS) is 24.9. The average Bonchev–Trinajstić information content (AvgIpc) is 2.86. The van der Waals surface area contributed by atoms with Gasteiger partial charge in [0, 0.05) is 25.7 Å². The molecule has 2 aliphatic heterocycles. The van der Waals surface area contributed by atoms with Gasteiger partial charge in [-0.3, -0.25) is 14.4 Å². The predicted molar refractivity (Wildman–Crippen MR) is 133 cm³/mol. The monoisotopic (exact) mass is 485 g/mol. The van der Waals surface area contributed by atoms with Crippen molar-refractivity contribution < 1.29 is 23.9 Å². The van der Waals surface area contributed by atoms with Gasteiger partial charge in [-0.05, 0) is 56.2 Å². The van der Waals surface area contributed by atoms with Crippen LogP contribution in [0.15, 0.2) is 18.2 Å². The number of benzene rings is 1. The molecule has 0 spiro atoms. The molecule has 0 unspecified atom stereocenters. The fourth-order valence-electron chi connectivity index (χ4n) is 5.48. The number of carbonyl (C=O) groups excluding carboxylic acids is 3. The lowest BCUT2D eigenvalue weighted by molar-refractivity contribution is -0.134. The van der Waals surface area contributed by atoms with E-state index in [-0.39, 0.29) is 36.0 Å². The van der Waals surface area contributed by atoms with E-state index < -0.39 is 0 Å². The number of carbonyl (C=O) groups is 3. The first-order chi connectivity index (χ1) is 16.9. The summed E-state index contributed by atoms with van der Waals surface area (Å²) in [6.45, 7) is 3.01. The Bertz CT molecular complexity index is 914. The summed E-state index contributed by atoms with van der Waals surface area (Å²) >= 11 is 0. The molecule has 1 saturated carbocycles. The smallest absolute Gasteiger partial charge is 0.257 e. The number of ether oxygens (including phenoxy) is 2. The molecule has 3 atom stereocenters. The predicted octanol–water partition coefficient (Wildman–Crippen LogP) is 3.89. The van der Waals surface area contributed by atoms with Crippen LogP contribution in [-0.4, -0.2) is 61.1 Å². The molecule has 1 aliphatic carbocycles. The van der Waals surface area contributed by atoms with E-state index in [1.54, 1.807) is 30.1 Å². The van der Waals surface area contributed by atoms with Crippen LogP contribution in [-0.2, 0) is 14.3 Å². The lowest BCUT2D eigenvalue weighted by Gasteiger charge is -2.42. The third-order valence-electron chi connectivity index (χ3n) is 7.50. The van der Waals surface area contributed by atoms with Crippen molar-refractivity contribution in [3.05, 3.63) is 23.8 Å². The van der Waals surface area contributed by atoms with Crippen LogP contribution >= 0.6 is 0 Å². The first kappa shape index (κ1) is 25.5. The Morgan fingerprint density at radius 3 is 2.66 bits per heavy atom. The standard InChI is InChI=1S/C27H39N3O5/c1-3-7-25(31)29-19-10-13-23-21(14-19)27(33)30(2)22-12-11-20(35-24(22)17-34-23)15-26(32)28-16-18-8-5-4-6-9-18/h10,13-14,18,20,22,24H,3-9,11-12,15-17H2,1-2H3,(H,28,32)(H,29,31)/t20-,22+,24-/m0/s1. The Kier molecular flexibility index (Phi) is 8.65. The second kappa shape index (κ2) is 11.9. The molecule has 2 fully saturated rings. The molecule has 3 amide bonds. The maximum Gasteiger partial charge on any atom is 0.257 e. The van der Waals surface area contributed by atoms with Crippen molar-refractivity contribution in [2.45, 2.75) is 89.4 Å². The van der Waals surface area contributed by atoms with E-state index >= 15 is 0 Å². The van der Waals surface area contributed by atoms with Gasteiger partial charge < -0.3 is 25.0 Å². The first-order valence-electron chi connectivity index (χ1n) is 13.2. The molecule has 0 radical (unpaired) electrons. The van der Waals surface area contributed by atoms with Gasteiger partial charge in [0.15, 0.2) is 0 Å². The Morgan fingerprint density at radius 1 is 1.09 bits per heavy atom. The molecule has 4 rings (SSSR count). The summed E-state index contributed by atoms with van der Waals surface area (Å²) < 4.78 is 12.3. The van der Waals surface area contributed by atoms with Gasteiger partial charge >= 0.3 is 0 Å². The lowest BCUT2D eigenvalue weighted by atomic mass is 9.89. The summed E-state index contributed by atoms with van der Waals surface area (Å²) in [5.74, 6) is 0.884. The fourth-order valence-corrected chi connectivity index (χ4v) is 5.48. The number of anilines is 1. The maximum atomic E-state index is 13.3. The van der Waals surface area contributed by atoms with Gasteiger partial charge in [0.25, 0.3) is 5.91 Å².